The summed E-state index contributed by atoms with van der Waals surface area (Å²) in [4.78, 5) is 0. The van der Waals surface area contributed by atoms with Crippen LogP contribution in [0, 0.1) is 0 Å². The molecule has 2 rings (SSSR count). The highest BCUT2D eigenvalue weighted by Crippen LogP contribution is 2.39. The van der Waals surface area contributed by atoms with Gasteiger partial charge in [-0.25, -0.2) is 0 Å². The van der Waals surface area contributed by atoms with Crippen LogP contribution in [-0.2, 0) is 11.2 Å². The molecule has 88 valence electrons. The largest absolute Gasteiger partial charge is 0.496 e. The van der Waals surface area contributed by atoms with Crippen molar-refractivity contribution >= 4 is 11.6 Å². The third-order valence-corrected chi connectivity index (χ3v) is 3.13. The SMILES string of the molecule is COc1ccc(OC)c2c1CCOCC2Cl. The summed E-state index contributed by atoms with van der Waals surface area (Å²) < 4.78 is 16.1. The highest BCUT2D eigenvalue weighted by atomic mass is 35.5. The Hall–Kier alpha value is -0.930. The smallest absolute Gasteiger partial charge is 0.124 e. The second kappa shape index (κ2) is 4.93. The summed E-state index contributed by atoms with van der Waals surface area (Å²) in [6.07, 6.45) is 0.804. The maximum Gasteiger partial charge on any atom is 0.124 e. The van der Waals surface area contributed by atoms with Crippen molar-refractivity contribution in [1.29, 1.82) is 0 Å². The van der Waals surface area contributed by atoms with Gasteiger partial charge in [0.15, 0.2) is 0 Å². The average molecular weight is 243 g/mol. The van der Waals surface area contributed by atoms with Crippen molar-refractivity contribution in [2.75, 3.05) is 27.4 Å². The maximum atomic E-state index is 6.30. The monoisotopic (exact) mass is 242 g/mol. The highest BCUT2D eigenvalue weighted by Gasteiger charge is 2.24. The van der Waals surface area contributed by atoms with Gasteiger partial charge in [0.1, 0.15) is 11.5 Å². The minimum absolute atomic E-state index is 0.178. The second-order valence-corrected chi connectivity index (χ2v) is 4.18. The first-order chi connectivity index (χ1) is 7.77. The number of benzene rings is 1. The van der Waals surface area contributed by atoms with Crippen LogP contribution >= 0.6 is 11.6 Å². The van der Waals surface area contributed by atoms with Gasteiger partial charge in [-0.15, -0.1) is 11.6 Å². The van der Waals surface area contributed by atoms with Crippen LogP contribution in [0.2, 0.25) is 0 Å². The fraction of sp³-hybridized carbons (Fsp3) is 0.500. The molecule has 4 heteroatoms. The second-order valence-electron chi connectivity index (χ2n) is 3.65. The summed E-state index contributed by atoms with van der Waals surface area (Å²) >= 11 is 6.30. The van der Waals surface area contributed by atoms with Crippen LogP contribution in [0.1, 0.15) is 16.5 Å². The zero-order valence-electron chi connectivity index (χ0n) is 9.46. The lowest BCUT2D eigenvalue weighted by Gasteiger charge is -2.17. The predicted octanol–water partition coefficient (Wildman–Crippen LogP) is 2.56. The number of halogens is 1. The third-order valence-electron chi connectivity index (χ3n) is 2.79. The Labute approximate surface area is 100 Å². The lowest BCUT2D eigenvalue weighted by atomic mass is 10.0. The van der Waals surface area contributed by atoms with Crippen molar-refractivity contribution in [2.24, 2.45) is 0 Å². The molecule has 1 aromatic rings. The quantitative estimate of drug-likeness (QED) is 0.746. The summed E-state index contributed by atoms with van der Waals surface area (Å²) in [5.41, 5.74) is 2.10. The van der Waals surface area contributed by atoms with E-state index in [9.17, 15) is 0 Å². The van der Waals surface area contributed by atoms with Gasteiger partial charge in [0, 0.05) is 11.1 Å². The van der Waals surface area contributed by atoms with E-state index in [0.717, 1.165) is 29.0 Å². The lowest BCUT2D eigenvalue weighted by Crippen LogP contribution is -2.03. The van der Waals surface area contributed by atoms with E-state index >= 15 is 0 Å². The molecule has 0 N–H and O–H groups in total. The van der Waals surface area contributed by atoms with E-state index in [2.05, 4.69) is 0 Å². The molecule has 0 amide bonds. The Morgan fingerprint density at radius 1 is 1.25 bits per heavy atom. The topological polar surface area (TPSA) is 27.7 Å². The first kappa shape index (κ1) is 11.6. The molecule has 0 aliphatic carbocycles. The van der Waals surface area contributed by atoms with Gasteiger partial charge in [0.25, 0.3) is 0 Å². The summed E-state index contributed by atoms with van der Waals surface area (Å²) in [5, 5.41) is -0.178. The molecule has 1 aromatic carbocycles. The van der Waals surface area contributed by atoms with Crippen LogP contribution in [0.4, 0.5) is 0 Å². The number of methoxy groups -OCH3 is 2. The van der Waals surface area contributed by atoms with E-state index in [-0.39, 0.29) is 5.38 Å². The van der Waals surface area contributed by atoms with Gasteiger partial charge in [-0.2, -0.15) is 0 Å². The van der Waals surface area contributed by atoms with Gasteiger partial charge < -0.3 is 14.2 Å². The van der Waals surface area contributed by atoms with Gasteiger partial charge in [0.2, 0.25) is 0 Å². The summed E-state index contributed by atoms with van der Waals surface area (Å²) in [7, 11) is 3.31. The summed E-state index contributed by atoms with van der Waals surface area (Å²) in [5.74, 6) is 1.66. The van der Waals surface area contributed by atoms with Crippen molar-refractivity contribution in [3.8, 4) is 11.5 Å². The number of rotatable bonds is 2. The molecule has 1 aliphatic rings. The van der Waals surface area contributed by atoms with Gasteiger partial charge in [0.05, 0.1) is 32.8 Å². The van der Waals surface area contributed by atoms with E-state index in [1.807, 2.05) is 12.1 Å². The minimum atomic E-state index is -0.178. The molecule has 16 heavy (non-hydrogen) atoms. The van der Waals surface area contributed by atoms with Crippen LogP contribution in [0.25, 0.3) is 0 Å². The van der Waals surface area contributed by atoms with Gasteiger partial charge in [-0.1, -0.05) is 0 Å². The van der Waals surface area contributed by atoms with Crippen molar-refractivity contribution in [3.05, 3.63) is 23.3 Å². The zero-order chi connectivity index (χ0) is 11.5. The Balaban J connectivity index is 2.56. The lowest BCUT2D eigenvalue weighted by molar-refractivity contribution is 0.143. The average Bonchev–Trinajstić information content (AvgIpc) is 2.51. The van der Waals surface area contributed by atoms with Gasteiger partial charge in [-0.05, 0) is 18.6 Å². The van der Waals surface area contributed by atoms with E-state index in [1.165, 1.54) is 0 Å². The molecule has 0 fully saturated rings. The van der Waals surface area contributed by atoms with Crippen LogP contribution < -0.4 is 9.47 Å². The molecule has 1 aliphatic heterocycles. The van der Waals surface area contributed by atoms with Gasteiger partial charge in [-0.3, -0.25) is 0 Å². The number of fused-ring (bicyclic) bond motifs is 1. The molecule has 3 nitrogen and oxygen atoms in total. The standard InChI is InChI=1S/C12H15ClO3/c1-14-10-3-4-11(15-2)12-8(10)5-6-16-7-9(12)13/h3-4,9H,5-7H2,1-2H3. The Kier molecular flexibility index (Phi) is 3.56. The van der Waals surface area contributed by atoms with E-state index < -0.39 is 0 Å². The van der Waals surface area contributed by atoms with E-state index in [1.54, 1.807) is 14.2 Å². The number of alkyl halides is 1. The molecule has 0 aromatic heterocycles. The van der Waals surface area contributed by atoms with Crippen LogP contribution in [0.3, 0.4) is 0 Å². The zero-order valence-corrected chi connectivity index (χ0v) is 10.2. The third kappa shape index (κ3) is 1.97. The Morgan fingerprint density at radius 2 is 1.94 bits per heavy atom. The fourth-order valence-electron chi connectivity index (χ4n) is 2.04. The molecule has 0 saturated carbocycles. The first-order valence-electron chi connectivity index (χ1n) is 5.23. The first-order valence-corrected chi connectivity index (χ1v) is 5.67. The van der Waals surface area contributed by atoms with Crippen molar-refractivity contribution in [1.82, 2.24) is 0 Å². The summed E-state index contributed by atoms with van der Waals surface area (Å²) in [6, 6.07) is 3.80. The molecule has 1 heterocycles. The number of ether oxygens (including phenoxy) is 3. The van der Waals surface area contributed by atoms with Crippen molar-refractivity contribution in [2.45, 2.75) is 11.8 Å². The Morgan fingerprint density at radius 3 is 2.62 bits per heavy atom. The number of hydrogen-bond acceptors (Lipinski definition) is 3. The molecule has 0 bridgehead atoms. The maximum absolute atomic E-state index is 6.30. The van der Waals surface area contributed by atoms with Crippen LogP contribution in [0.15, 0.2) is 12.1 Å². The molecular weight excluding hydrogens is 228 g/mol. The van der Waals surface area contributed by atoms with E-state index in [4.69, 9.17) is 25.8 Å². The fourth-order valence-corrected chi connectivity index (χ4v) is 2.37. The van der Waals surface area contributed by atoms with Crippen LogP contribution in [0.5, 0.6) is 11.5 Å². The van der Waals surface area contributed by atoms with E-state index in [0.29, 0.717) is 13.2 Å². The molecule has 0 spiro atoms. The van der Waals surface area contributed by atoms with Crippen molar-refractivity contribution < 1.29 is 14.2 Å². The normalized spacial score (nSPS) is 19.8. The predicted molar refractivity (Wildman–Crippen MR) is 62.7 cm³/mol. The minimum Gasteiger partial charge on any atom is -0.496 e. The Bertz CT molecular complexity index is 379. The highest BCUT2D eigenvalue weighted by molar-refractivity contribution is 6.21. The molecular formula is C12H15ClO3. The molecule has 0 saturated heterocycles. The molecule has 0 radical (unpaired) electrons. The van der Waals surface area contributed by atoms with Gasteiger partial charge >= 0.3 is 0 Å². The summed E-state index contributed by atoms with van der Waals surface area (Å²) in [6.45, 7) is 1.18. The molecule has 1 unspecified atom stereocenters. The molecule has 1 atom stereocenters. The number of hydrogen-bond donors (Lipinski definition) is 0. The van der Waals surface area contributed by atoms with Crippen molar-refractivity contribution in [3.63, 3.8) is 0 Å². The van der Waals surface area contributed by atoms with Crippen LogP contribution in [-0.4, -0.2) is 27.4 Å².